The number of imidazole rings is 1. The van der Waals surface area contributed by atoms with E-state index in [0.717, 1.165) is 26.9 Å². The normalized spacial score (nSPS) is 10.9. The topological polar surface area (TPSA) is 43.8 Å². The molecule has 0 unspecified atom stereocenters. The molecule has 0 saturated heterocycles. The Hall–Kier alpha value is -1.62. The third-order valence-electron chi connectivity index (χ3n) is 3.15. The molecule has 0 aliphatic rings. The van der Waals surface area contributed by atoms with E-state index < -0.39 is 0 Å². The van der Waals surface area contributed by atoms with Crippen LogP contribution < -0.4 is 5.73 Å². The van der Waals surface area contributed by atoms with Gasteiger partial charge in [-0.05, 0) is 28.6 Å². The minimum atomic E-state index is 0.505. The van der Waals surface area contributed by atoms with Crippen LogP contribution >= 0.6 is 22.9 Å². The molecule has 0 bridgehead atoms. The standard InChI is InChI=1S/C15H14ClN3S/c16-13-8-11(9-17)3-4-12(13)10-19-6-5-18-15(19)14-2-1-7-20-14/h1-8H,9-10,17H2. The van der Waals surface area contributed by atoms with Gasteiger partial charge in [-0.3, -0.25) is 0 Å². The molecule has 3 aromatic rings. The zero-order valence-electron chi connectivity index (χ0n) is 10.8. The number of benzene rings is 1. The maximum absolute atomic E-state index is 6.32. The van der Waals surface area contributed by atoms with Gasteiger partial charge in [0.15, 0.2) is 0 Å². The van der Waals surface area contributed by atoms with Gasteiger partial charge >= 0.3 is 0 Å². The summed E-state index contributed by atoms with van der Waals surface area (Å²) in [4.78, 5) is 5.59. The van der Waals surface area contributed by atoms with Crippen molar-refractivity contribution in [2.75, 3.05) is 0 Å². The minimum absolute atomic E-state index is 0.505. The van der Waals surface area contributed by atoms with Crippen LogP contribution in [-0.4, -0.2) is 9.55 Å². The van der Waals surface area contributed by atoms with Gasteiger partial charge in [0.25, 0.3) is 0 Å². The summed E-state index contributed by atoms with van der Waals surface area (Å²) in [5.74, 6) is 0.971. The van der Waals surface area contributed by atoms with Gasteiger partial charge < -0.3 is 10.3 Å². The van der Waals surface area contributed by atoms with Crippen LogP contribution in [0.25, 0.3) is 10.7 Å². The van der Waals surface area contributed by atoms with Crippen molar-refractivity contribution in [3.8, 4) is 10.7 Å². The highest BCUT2D eigenvalue weighted by Crippen LogP contribution is 2.25. The first-order valence-corrected chi connectivity index (χ1v) is 7.56. The molecule has 0 spiro atoms. The number of thiophene rings is 1. The molecular weight excluding hydrogens is 290 g/mol. The van der Waals surface area contributed by atoms with Crippen molar-refractivity contribution in [3.63, 3.8) is 0 Å². The van der Waals surface area contributed by atoms with Crippen LogP contribution in [-0.2, 0) is 13.1 Å². The smallest absolute Gasteiger partial charge is 0.150 e. The number of rotatable bonds is 4. The van der Waals surface area contributed by atoms with Gasteiger partial charge in [0.2, 0.25) is 0 Å². The van der Waals surface area contributed by atoms with Crippen molar-refractivity contribution in [2.24, 2.45) is 5.73 Å². The molecule has 0 amide bonds. The van der Waals surface area contributed by atoms with Crippen LogP contribution in [0.2, 0.25) is 5.02 Å². The number of nitrogens with zero attached hydrogens (tertiary/aromatic N) is 2. The molecule has 2 N–H and O–H groups in total. The van der Waals surface area contributed by atoms with Crippen molar-refractivity contribution in [1.29, 1.82) is 0 Å². The predicted octanol–water partition coefficient (Wildman–Crippen LogP) is 3.77. The fourth-order valence-corrected chi connectivity index (χ4v) is 3.10. The second-order valence-electron chi connectivity index (χ2n) is 4.49. The second kappa shape index (κ2) is 5.79. The third kappa shape index (κ3) is 2.63. The molecule has 0 atom stereocenters. The van der Waals surface area contributed by atoms with Crippen LogP contribution in [0.5, 0.6) is 0 Å². The first-order chi connectivity index (χ1) is 9.78. The van der Waals surface area contributed by atoms with E-state index in [0.29, 0.717) is 13.1 Å². The molecule has 2 heterocycles. The van der Waals surface area contributed by atoms with Crippen LogP contribution in [0.1, 0.15) is 11.1 Å². The van der Waals surface area contributed by atoms with E-state index in [4.69, 9.17) is 17.3 Å². The Morgan fingerprint density at radius 2 is 2.20 bits per heavy atom. The molecule has 2 aromatic heterocycles. The van der Waals surface area contributed by atoms with Gasteiger partial charge in [-0.25, -0.2) is 4.98 Å². The Balaban J connectivity index is 1.91. The maximum atomic E-state index is 6.32. The Labute approximate surface area is 126 Å². The average molecular weight is 304 g/mol. The van der Waals surface area contributed by atoms with Gasteiger partial charge in [-0.1, -0.05) is 29.8 Å². The van der Waals surface area contributed by atoms with Crippen molar-refractivity contribution >= 4 is 22.9 Å². The number of aromatic nitrogens is 2. The molecule has 0 fully saturated rings. The van der Waals surface area contributed by atoms with Crippen molar-refractivity contribution in [1.82, 2.24) is 9.55 Å². The van der Waals surface area contributed by atoms with Gasteiger partial charge in [0.05, 0.1) is 11.4 Å². The van der Waals surface area contributed by atoms with Crippen molar-refractivity contribution in [3.05, 3.63) is 64.3 Å². The van der Waals surface area contributed by atoms with Gasteiger partial charge in [0.1, 0.15) is 5.82 Å². The monoisotopic (exact) mass is 303 g/mol. The van der Waals surface area contributed by atoms with E-state index in [1.54, 1.807) is 11.3 Å². The van der Waals surface area contributed by atoms with Crippen LogP contribution in [0.3, 0.4) is 0 Å². The Morgan fingerprint density at radius 3 is 2.90 bits per heavy atom. The lowest BCUT2D eigenvalue weighted by Gasteiger charge is -2.09. The summed E-state index contributed by atoms with van der Waals surface area (Å²) >= 11 is 8.00. The highest BCUT2D eigenvalue weighted by molar-refractivity contribution is 7.13. The Kier molecular flexibility index (Phi) is 3.87. The Morgan fingerprint density at radius 1 is 1.30 bits per heavy atom. The number of halogens is 1. The van der Waals surface area contributed by atoms with Crippen molar-refractivity contribution < 1.29 is 0 Å². The lowest BCUT2D eigenvalue weighted by atomic mass is 10.1. The van der Waals surface area contributed by atoms with E-state index in [1.807, 2.05) is 36.7 Å². The second-order valence-corrected chi connectivity index (χ2v) is 5.84. The molecular formula is C15H14ClN3S. The summed E-state index contributed by atoms with van der Waals surface area (Å²) in [5, 5.41) is 2.80. The molecule has 3 rings (SSSR count). The number of nitrogens with two attached hydrogens (primary N) is 1. The summed E-state index contributed by atoms with van der Waals surface area (Å²) in [7, 11) is 0. The quantitative estimate of drug-likeness (QED) is 0.797. The molecule has 0 saturated carbocycles. The summed E-state index contributed by atoms with van der Waals surface area (Å²) < 4.78 is 2.11. The van der Waals surface area contributed by atoms with E-state index in [-0.39, 0.29) is 0 Å². The van der Waals surface area contributed by atoms with Gasteiger partial charge in [-0.15, -0.1) is 11.3 Å². The fraction of sp³-hybridized carbons (Fsp3) is 0.133. The molecule has 3 nitrogen and oxygen atoms in total. The largest absolute Gasteiger partial charge is 0.326 e. The summed E-state index contributed by atoms with van der Waals surface area (Å²) in [6.45, 7) is 1.21. The molecule has 0 aliphatic carbocycles. The summed E-state index contributed by atoms with van der Waals surface area (Å²) in [6.07, 6.45) is 3.79. The fourth-order valence-electron chi connectivity index (χ4n) is 2.10. The third-order valence-corrected chi connectivity index (χ3v) is 4.37. The number of hydrogen-bond acceptors (Lipinski definition) is 3. The molecule has 5 heteroatoms. The molecule has 1 aromatic carbocycles. The molecule has 0 aliphatic heterocycles. The van der Waals surface area contributed by atoms with E-state index in [2.05, 4.69) is 21.0 Å². The zero-order valence-corrected chi connectivity index (χ0v) is 12.4. The maximum Gasteiger partial charge on any atom is 0.150 e. The lowest BCUT2D eigenvalue weighted by Crippen LogP contribution is -2.02. The van der Waals surface area contributed by atoms with E-state index >= 15 is 0 Å². The summed E-state index contributed by atoms with van der Waals surface area (Å²) in [6, 6.07) is 10.1. The van der Waals surface area contributed by atoms with Gasteiger partial charge in [0, 0.05) is 24.0 Å². The average Bonchev–Trinajstić information content (AvgIpc) is 3.11. The first-order valence-electron chi connectivity index (χ1n) is 6.30. The van der Waals surface area contributed by atoms with E-state index in [1.165, 1.54) is 0 Å². The zero-order chi connectivity index (χ0) is 13.9. The van der Waals surface area contributed by atoms with Crippen molar-refractivity contribution in [2.45, 2.75) is 13.1 Å². The number of hydrogen-bond donors (Lipinski definition) is 1. The Bertz CT molecular complexity index is 704. The minimum Gasteiger partial charge on any atom is -0.326 e. The highest BCUT2D eigenvalue weighted by atomic mass is 35.5. The molecule has 102 valence electrons. The SMILES string of the molecule is NCc1ccc(Cn2ccnc2-c2cccs2)c(Cl)c1. The molecule has 0 radical (unpaired) electrons. The van der Waals surface area contributed by atoms with Gasteiger partial charge in [-0.2, -0.15) is 0 Å². The van der Waals surface area contributed by atoms with Crippen LogP contribution in [0.15, 0.2) is 48.1 Å². The highest BCUT2D eigenvalue weighted by Gasteiger charge is 2.09. The lowest BCUT2D eigenvalue weighted by molar-refractivity contribution is 0.808. The van der Waals surface area contributed by atoms with E-state index in [9.17, 15) is 0 Å². The summed E-state index contributed by atoms with van der Waals surface area (Å²) in [5.41, 5.74) is 7.73. The van der Waals surface area contributed by atoms with Crippen LogP contribution in [0.4, 0.5) is 0 Å². The first kappa shape index (κ1) is 13.4. The van der Waals surface area contributed by atoms with Crippen LogP contribution in [0, 0.1) is 0 Å². The molecule has 20 heavy (non-hydrogen) atoms. The predicted molar refractivity (Wildman–Crippen MR) is 84.0 cm³/mol.